The molecule has 4 rings (SSSR count). The fraction of sp³-hybridized carbons (Fsp3) is 0.0556. The Morgan fingerprint density at radius 2 is 2.04 bits per heavy atom. The van der Waals surface area contributed by atoms with E-state index in [9.17, 15) is 4.79 Å². The number of hydrogen-bond acceptors (Lipinski definition) is 4. The molecular weight excluding hydrogens is 302 g/mol. The van der Waals surface area contributed by atoms with Crippen LogP contribution in [0.25, 0.3) is 22.3 Å². The summed E-state index contributed by atoms with van der Waals surface area (Å²) in [7, 11) is 0. The number of aromatic nitrogens is 4. The fourth-order valence-electron chi connectivity index (χ4n) is 2.64. The van der Waals surface area contributed by atoms with Crippen molar-refractivity contribution in [3.8, 4) is 11.3 Å². The Labute approximate surface area is 137 Å². The van der Waals surface area contributed by atoms with Gasteiger partial charge in [0.15, 0.2) is 0 Å². The molecule has 0 fully saturated rings. The number of H-pyrrole nitrogens is 2. The summed E-state index contributed by atoms with van der Waals surface area (Å²) in [6.45, 7) is 0.574. The lowest BCUT2D eigenvalue weighted by Crippen LogP contribution is -2.05. The van der Waals surface area contributed by atoms with Crippen LogP contribution in [0.3, 0.4) is 0 Å². The third kappa shape index (κ3) is 2.77. The predicted molar refractivity (Wildman–Crippen MR) is 93.7 cm³/mol. The number of hydrogen-bond donors (Lipinski definition) is 3. The Hall–Kier alpha value is -3.41. The number of nitrogens with zero attached hydrogens (tertiary/aromatic N) is 2. The van der Waals surface area contributed by atoms with E-state index in [-0.39, 0.29) is 5.56 Å². The maximum absolute atomic E-state index is 11.6. The van der Waals surface area contributed by atoms with Crippen LogP contribution in [0.5, 0.6) is 0 Å². The number of rotatable bonds is 4. The van der Waals surface area contributed by atoms with E-state index in [1.54, 1.807) is 12.3 Å². The molecule has 0 aromatic carbocycles. The summed E-state index contributed by atoms with van der Waals surface area (Å²) < 4.78 is 0. The van der Waals surface area contributed by atoms with Crippen LogP contribution in [-0.2, 0) is 6.54 Å². The van der Waals surface area contributed by atoms with Gasteiger partial charge in [0.25, 0.3) is 0 Å². The van der Waals surface area contributed by atoms with Gasteiger partial charge in [0.05, 0.1) is 12.2 Å². The van der Waals surface area contributed by atoms with E-state index in [2.05, 4.69) is 25.3 Å². The molecule has 3 N–H and O–H groups in total. The van der Waals surface area contributed by atoms with Gasteiger partial charge in [-0.05, 0) is 30.3 Å². The van der Waals surface area contributed by atoms with Crippen LogP contribution in [0.4, 0.5) is 5.82 Å². The standard InChI is InChI=1S/C18H15N5O/c24-17-6-3-5-15(22-17)14-10-16(23-18-13(14)7-9-20-18)21-11-12-4-1-2-8-19-12/h1-10H,11H2,(H,22,24)(H2,20,21,23). The largest absolute Gasteiger partial charge is 0.364 e. The number of pyridine rings is 3. The van der Waals surface area contributed by atoms with Crippen molar-refractivity contribution in [3.05, 3.63) is 77.0 Å². The van der Waals surface area contributed by atoms with Crippen LogP contribution in [-0.4, -0.2) is 19.9 Å². The Morgan fingerprint density at radius 3 is 2.88 bits per heavy atom. The second-order valence-corrected chi connectivity index (χ2v) is 5.40. The minimum atomic E-state index is -0.129. The van der Waals surface area contributed by atoms with E-state index < -0.39 is 0 Å². The van der Waals surface area contributed by atoms with Crippen LogP contribution in [0, 0.1) is 0 Å². The van der Waals surface area contributed by atoms with Gasteiger partial charge in [-0.2, -0.15) is 0 Å². The summed E-state index contributed by atoms with van der Waals surface area (Å²) in [6.07, 6.45) is 3.60. The molecular formula is C18H15N5O. The van der Waals surface area contributed by atoms with Gasteiger partial charge in [0, 0.05) is 35.1 Å². The van der Waals surface area contributed by atoms with Crippen LogP contribution >= 0.6 is 0 Å². The van der Waals surface area contributed by atoms with Crippen LogP contribution in [0.2, 0.25) is 0 Å². The summed E-state index contributed by atoms with van der Waals surface area (Å²) in [5, 5.41) is 4.24. The minimum absolute atomic E-state index is 0.129. The lowest BCUT2D eigenvalue weighted by Gasteiger charge is -2.09. The van der Waals surface area contributed by atoms with Crippen molar-refractivity contribution in [1.82, 2.24) is 19.9 Å². The first-order chi connectivity index (χ1) is 11.8. The highest BCUT2D eigenvalue weighted by atomic mass is 16.1. The van der Waals surface area contributed by atoms with Crippen molar-refractivity contribution in [1.29, 1.82) is 0 Å². The average Bonchev–Trinajstić information content (AvgIpc) is 3.08. The normalized spacial score (nSPS) is 10.8. The number of aromatic amines is 2. The molecule has 0 saturated carbocycles. The molecule has 0 aliphatic rings. The molecule has 0 atom stereocenters. The number of fused-ring (bicyclic) bond motifs is 1. The van der Waals surface area contributed by atoms with E-state index in [0.29, 0.717) is 6.54 Å². The summed E-state index contributed by atoms with van der Waals surface area (Å²) in [5.74, 6) is 0.718. The highest BCUT2D eigenvalue weighted by Gasteiger charge is 2.09. The molecule has 6 nitrogen and oxygen atoms in total. The number of anilines is 1. The molecule has 4 heterocycles. The highest BCUT2D eigenvalue weighted by Crippen LogP contribution is 2.28. The van der Waals surface area contributed by atoms with Crippen molar-refractivity contribution < 1.29 is 0 Å². The van der Waals surface area contributed by atoms with Crippen molar-refractivity contribution in [2.24, 2.45) is 0 Å². The fourth-order valence-corrected chi connectivity index (χ4v) is 2.64. The van der Waals surface area contributed by atoms with Crippen molar-refractivity contribution in [2.75, 3.05) is 5.32 Å². The van der Waals surface area contributed by atoms with Crippen LogP contribution < -0.4 is 10.9 Å². The first-order valence-corrected chi connectivity index (χ1v) is 7.61. The van der Waals surface area contributed by atoms with E-state index >= 15 is 0 Å². The van der Waals surface area contributed by atoms with E-state index in [4.69, 9.17) is 0 Å². The summed E-state index contributed by atoms with van der Waals surface area (Å²) in [5.41, 5.74) is 3.25. The third-order valence-electron chi connectivity index (χ3n) is 3.76. The van der Waals surface area contributed by atoms with Gasteiger partial charge in [-0.3, -0.25) is 9.78 Å². The first kappa shape index (κ1) is 14.2. The molecule has 4 aromatic heterocycles. The average molecular weight is 317 g/mol. The zero-order valence-corrected chi connectivity index (χ0v) is 12.8. The second kappa shape index (κ2) is 6.00. The molecule has 0 saturated heterocycles. The Kier molecular flexibility index (Phi) is 3.55. The van der Waals surface area contributed by atoms with Crippen molar-refractivity contribution in [3.63, 3.8) is 0 Å². The van der Waals surface area contributed by atoms with Gasteiger partial charge in [0.2, 0.25) is 5.56 Å². The zero-order chi connectivity index (χ0) is 16.4. The zero-order valence-electron chi connectivity index (χ0n) is 12.8. The van der Waals surface area contributed by atoms with Crippen LogP contribution in [0.15, 0.2) is 65.7 Å². The SMILES string of the molecule is O=c1cccc(-c2cc(NCc3ccccn3)nc3[nH]ccc23)[nH]1. The smallest absolute Gasteiger partial charge is 0.248 e. The van der Waals surface area contributed by atoms with Gasteiger partial charge >= 0.3 is 0 Å². The molecule has 0 aliphatic heterocycles. The van der Waals surface area contributed by atoms with E-state index in [0.717, 1.165) is 33.8 Å². The van der Waals surface area contributed by atoms with Gasteiger partial charge in [-0.25, -0.2) is 4.98 Å². The summed E-state index contributed by atoms with van der Waals surface area (Å²) in [4.78, 5) is 26.5. The van der Waals surface area contributed by atoms with E-state index in [1.807, 2.05) is 42.6 Å². The lowest BCUT2D eigenvalue weighted by molar-refractivity contribution is 1.03. The van der Waals surface area contributed by atoms with Gasteiger partial charge in [0.1, 0.15) is 11.5 Å². The molecule has 118 valence electrons. The summed E-state index contributed by atoms with van der Waals surface area (Å²) in [6, 6.07) is 14.8. The van der Waals surface area contributed by atoms with Crippen LogP contribution in [0.1, 0.15) is 5.69 Å². The summed E-state index contributed by atoms with van der Waals surface area (Å²) >= 11 is 0. The van der Waals surface area contributed by atoms with Gasteiger partial charge < -0.3 is 15.3 Å². The molecule has 0 bridgehead atoms. The van der Waals surface area contributed by atoms with Gasteiger partial charge in [-0.1, -0.05) is 12.1 Å². The topological polar surface area (TPSA) is 86.5 Å². The molecule has 24 heavy (non-hydrogen) atoms. The predicted octanol–water partition coefficient (Wildman–Crippen LogP) is 2.93. The molecule has 6 heteroatoms. The number of nitrogens with one attached hydrogen (secondary N) is 3. The second-order valence-electron chi connectivity index (χ2n) is 5.40. The quantitative estimate of drug-likeness (QED) is 0.540. The molecule has 0 radical (unpaired) electrons. The van der Waals surface area contributed by atoms with Gasteiger partial charge in [-0.15, -0.1) is 0 Å². The Balaban J connectivity index is 1.73. The molecule has 0 amide bonds. The first-order valence-electron chi connectivity index (χ1n) is 7.61. The Morgan fingerprint density at radius 1 is 1.08 bits per heavy atom. The lowest BCUT2D eigenvalue weighted by atomic mass is 10.1. The van der Waals surface area contributed by atoms with Crippen molar-refractivity contribution >= 4 is 16.9 Å². The van der Waals surface area contributed by atoms with Crippen molar-refractivity contribution in [2.45, 2.75) is 6.54 Å². The molecule has 0 spiro atoms. The molecule has 0 unspecified atom stereocenters. The highest BCUT2D eigenvalue weighted by molar-refractivity contribution is 5.93. The molecule has 0 aliphatic carbocycles. The minimum Gasteiger partial charge on any atom is -0.364 e. The molecule has 4 aromatic rings. The third-order valence-corrected chi connectivity index (χ3v) is 3.76. The monoisotopic (exact) mass is 317 g/mol. The Bertz CT molecular complexity index is 1040. The maximum Gasteiger partial charge on any atom is 0.248 e. The van der Waals surface area contributed by atoms with E-state index in [1.165, 1.54) is 6.07 Å². The maximum atomic E-state index is 11.6.